The van der Waals surface area contributed by atoms with Crippen LogP contribution in [-0.2, 0) is 0 Å². The molecule has 2 aromatic carbocycles. The molecule has 0 saturated heterocycles. The fourth-order valence-electron chi connectivity index (χ4n) is 2.47. The Kier molecular flexibility index (Phi) is 3.81. The molecule has 1 aliphatic heterocycles. The molecule has 1 atom stereocenters. The van der Waals surface area contributed by atoms with Crippen molar-refractivity contribution < 1.29 is 9.53 Å². The minimum Gasteiger partial charge on any atom is -0.493 e. The van der Waals surface area contributed by atoms with Gasteiger partial charge in [0, 0.05) is 15.6 Å². The van der Waals surface area contributed by atoms with E-state index in [9.17, 15) is 4.79 Å². The molecule has 4 heteroatoms. The van der Waals surface area contributed by atoms with Crippen LogP contribution in [0.1, 0.15) is 28.3 Å². The van der Waals surface area contributed by atoms with Crippen LogP contribution in [-0.4, -0.2) is 12.4 Å². The highest BCUT2D eigenvalue weighted by Crippen LogP contribution is 2.36. The SMILES string of the molecule is O=C(c1ccc(Cl)c(Br)c1)C1CCOc2ccccc21. The summed E-state index contributed by atoms with van der Waals surface area (Å²) in [7, 11) is 0. The Morgan fingerprint density at radius 3 is 2.85 bits per heavy atom. The van der Waals surface area contributed by atoms with Crippen molar-refractivity contribution in [1.29, 1.82) is 0 Å². The van der Waals surface area contributed by atoms with Gasteiger partial charge in [0.25, 0.3) is 0 Å². The molecular weight excluding hydrogens is 340 g/mol. The molecule has 0 bridgehead atoms. The first-order valence-corrected chi connectivity index (χ1v) is 7.55. The predicted molar refractivity (Wildman–Crippen MR) is 82.8 cm³/mol. The summed E-state index contributed by atoms with van der Waals surface area (Å²) in [6.45, 7) is 0.572. The zero-order chi connectivity index (χ0) is 14.1. The van der Waals surface area contributed by atoms with E-state index in [0.29, 0.717) is 23.6 Å². The molecule has 0 aliphatic carbocycles. The van der Waals surface area contributed by atoms with Crippen LogP contribution in [0, 0.1) is 0 Å². The number of hydrogen-bond donors (Lipinski definition) is 0. The molecule has 0 spiro atoms. The molecule has 20 heavy (non-hydrogen) atoms. The minimum atomic E-state index is -0.145. The molecule has 0 N–H and O–H groups in total. The summed E-state index contributed by atoms with van der Waals surface area (Å²) in [5.41, 5.74) is 1.64. The van der Waals surface area contributed by atoms with Gasteiger partial charge in [0.1, 0.15) is 5.75 Å². The number of rotatable bonds is 2. The monoisotopic (exact) mass is 350 g/mol. The summed E-state index contributed by atoms with van der Waals surface area (Å²) in [5, 5.41) is 0.605. The van der Waals surface area contributed by atoms with Gasteiger partial charge >= 0.3 is 0 Å². The lowest BCUT2D eigenvalue weighted by Crippen LogP contribution is -2.21. The van der Waals surface area contributed by atoms with Crippen molar-refractivity contribution in [2.24, 2.45) is 0 Å². The van der Waals surface area contributed by atoms with Crippen LogP contribution in [0.15, 0.2) is 46.9 Å². The van der Waals surface area contributed by atoms with Crippen molar-refractivity contribution in [1.82, 2.24) is 0 Å². The van der Waals surface area contributed by atoms with Gasteiger partial charge in [0.05, 0.1) is 17.5 Å². The Bertz CT molecular complexity index is 669. The second-order valence-electron chi connectivity index (χ2n) is 4.72. The van der Waals surface area contributed by atoms with Gasteiger partial charge in [-0.3, -0.25) is 4.79 Å². The number of carbonyl (C=O) groups is 1. The van der Waals surface area contributed by atoms with Gasteiger partial charge in [-0.25, -0.2) is 0 Å². The van der Waals surface area contributed by atoms with Crippen LogP contribution >= 0.6 is 27.5 Å². The van der Waals surface area contributed by atoms with E-state index < -0.39 is 0 Å². The molecule has 0 fully saturated rings. The Balaban J connectivity index is 1.97. The number of hydrogen-bond acceptors (Lipinski definition) is 2. The standard InChI is InChI=1S/C16H12BrClO2/c17-13-9-10(5-6-14(13)18)16(19)12-7-8-20-15-4-2-1-3-11(12)15/h1-6,9,12H,7-8H2. The van der Waals surface area contributed by atoms with Crippen LogP contribution in [0.25, 0.3) is 0 Å². The van der Waals surface area contributed by atoms with Crippen molar-refractivity contribution >= 4 is 33.3 Å². The fourth-order valence-corrected chi connectivity index (χ4v) is 2.96. The summed E-state index contributed by atoms with van der Waals surface area (Å²) in [5.74, 6) is 0.774. The number of ketones is 1. The number of benzene rings is 2. The van der Waals surface area contributed by atoms with Crippen LogP contribution in [0.2, 0.25) is 5.02 Å². The quantitative estimate of drug-likeness (QED) is 0.723. The van der Waals surface area contributed by atoms with Gasteiger partial charge < -0.3 is 4.74 Å². The first kappa shape index (κ1) is 13.7. The van der Waals surface area contributed by atoms with E-state index in [1.54, 1.807) is 18.2 Å². The summed E-state index contributed by atoms with van der Waals surface area (Å²) < 4.78 is 6.34. The number of ether oxygens (including phenoxy) is 1. The van der Waals surface area contributed by atoms with E-state index in [-0.39, 0.29) is 11.7 Å². The largest absolute Gasteiger partial charge is 0.493 e. The first-order valence-electron chi connectivity index (χ1n) is 6.38. The lowest BCUT2D eigenvalue weighted by atomic mass is 9.86. The van der Waals surface area contributed by atoms with Crippen molar-refractivity contribution in [3.05, 3.63) is 63.1 Å². The molecule has 0 amide bonds. The average molecular weight is 352 g/mol. The molecule has 0 saturated carbocycles. The van der Waals surface area contributed by atoms with Crippen molar-refractivity contribution in [2.45, 2.75) is 12.3 Å². The van der Waals surface area contributed by atoms with Gasteiger partial charge in [0.15, 0.2) is 5.78 Å². The molecule has 0 radical (unpaired) electrons. The number of para-hydroxylation sites is 1. The second-order valence-corrected chi connectivity index (χ2v) is 5.98. The third-order valence-corrected chi connectivity index (χ3v) is 4.69. The predicted octanol–water partition coefficient (Wildman–Crippen LogP) is 4.85. The molecule has 1 heterocycles. The number of carbonyl (C=O) groups excluding carboxylic acids is 1. The van der Waals surface area contributed by atoms with Crippen molar-refractivity contribution in [3.63, 3.8) is 0 Å². The van der Waals surface area contributed by atoms with E-state index in [4.69, 9.17) is 16.3 Å². The molecule has 1 unspecified atom stereocenters. The topological polar surface area (TPSA) is 26.3 Å². The zero-order valence-electron chi connectivity index (χ0n) is 10.6. The summed E-state index contributed by atoms with van der Waals surface area (Å²) in [4.78, 5) is 12.7. The second kappa shape index (κ2) is 5.58. The summed E-state index contributed by atoms with van der Waals surface area (Å²) in [6.07, 6.45) is 0.704. The van der Waals surface area contributed by atoms with Gasteiger partial charge in [-0.1, -0.05) is 29.8 Å². The fraction of sp³-hybridized carbons (Fsp3) is 0.188. The van der Waals surface area contributed by atoms with Crippen molar-refractivity contribution in [3.8, 4) is 5.75 Å². The molecule has 102 valence electrons. The average Bonchev–Trinajstić information content (AvgIpc) is 2.49. The number of Topliss-reactive ketones (excluding diaryl/α,β-unsaturated/α-hetero) is 1. The van der Waals surface area contributed by atoms with Crippen LogP contribution in [0.3, 0.4) is 0 Å². The maximum Gasteiger partial charge on any atom is 0.170 e. The highest BCUT2D eigenvalue weighted by molar-refractivity contribution is 9.10. The molecule has 2 aromatic rings. The smallest absolute Gasteiger partial charge is 0.170 e. The molecule has 2 nitrogen and oxygen atoms in total. The van der Waals surface area contributed by atoms with E-state index in [1.165, 1.54) is 0 Å². The van der Waals surface area contributed by atoms with Gasteiger partial charge in [0.2, 0.25) is 0 Å². The third-order valence-electron chi connectivity index (χ3n) is 3.48. The van der Waals surface area contributed by atoms with Gasteiger partial charge in [-0.2, -0.15) is 0 Å². The maximum atomic E-state index is 12.7. The van der Waals surface area contributed by atoms with Gasteiger partial charge in [-0.15, -0.1) is 0 Å². The zero-order valence-corrected chi connectivity index (χ0v) is 12.9. The Morgan fingerprint density at radius 2 is 2.05 bits per heavy atom. The summed E-state index contributed by atoms with van der Waals surface area (Å²) in [6, 6.07) is 13.0. The van der Waals surface area contributed by atoms with Crippen LogP contribution in [0.4, 0.5) is 0 Å². The molecule has 1 aliphatic rings. The van der Waals surface area contributed by atoms with E-state index in [2.05, 4.69) is 15.9 Å². The number of fused-ring (bicyclic) bond motifs is 1. The van der Waals surface area contributed by atoms with E-state index in [1.807, 2.05) is 24.3 Å². The van der Waals surface area contributed by atoms with E-state index in [0.717, 1.165) is 15.8 Å². The molecule has 0 aromatic heterocycles. The van der Waals surface area contributed by atoms with E-state index >= 15 is 0 Å². The summed E-state index contributed by atoms with van der Waals surface area (Å²) >= 11 is 9.34. The molecular formula is C16H12BrClO2. The Morgan fingerprint density at radius 1 is 1.25 bits per heavy atom. The normalized spacial score (nSPS) is 17.2. The Labute approximate surface area is 130 Å². The lowest BCUT2D eigenvalue weighted by Gasteiger charge is -2.25. The highest BCUT2D eigenvalue weighted by atomic mass is 79.9. The minimum absolute atomic E-state index is 0.109. The molecule has 3 rings (SSSR count). The van der Waals surface area contributed by atoms with Crippen LogP contribution in [0.5, 0.6) is 5.75 Å². The first-order chi connectivity index (χ1) is 9.66. The third kappa shape index (κ3) is 2.48. The maximum absolute atomic E-state index is 12.7. The lowest BCUT2D eigenvalue weighted by molar-refractivity contribution is 0.0933. The number of halogens is 2. The van der Waals surface area contributed by atoms with Crippen LogP contribution < -0.4 is 4.74 Å². The van der Waals surface area contributed by atoms with Crippen molar-refractivity contribution in [2.75, 3.05) is 6.61 Å². The van der Waals surface area contributed by atoms with Gasteiger partial charge in [-0.05, 0) is 46.6 Å². The Hall–Kier alpha value is -1.32. The highest BCUT2D eigenvalue weighted by Gasteiger charge is 2.28.